The first-order valence-electron chi connectivity index (χ1n) is 8.60. The number of nitrogens with zero attached hydrogens (tertiary/aromatic N) is 3. The van der Waals surface area contributed by atoms with Crippen LogP contribution in [0, 0.1) is 0 Å². The van der Waals surface area contributed by atoms with Crippen LogP contribution in [0.4, 0.5) is 11.5 Å². The van der Waals surface area contributed by atoms with Crippen LogP contribution in [0.2, 0.25) is 4.34 Å². The fraction of sp³-hybridized carbons (Fsp3) is 0.222. The molecule has 1 aliphatic heterocycles. The molecule has 1 N–H and O–H groups in total. The SMILES string of the molecule is O=C(Nc1ccnn1Cc1ccc(Cl)s1)c1cccc(N2CCCS2(=O)=O)c1. The Labute approximate surface area is 171 Å². The number of thiophene rings is 1. The molecule has 0 spiro atoms. The van der Waals surface area contributed by atoms with Gasteiger partial charge in [-0.25, -0.2) is 13.1 Å². The van der Waals surface area contributed by atoms with Gasteiger partial charge in [0.05, 0.1) is 28.5 Å². The van der Waals surface area contributed by atoms with Gasteiger partial charge < -0.3 is 5.32 Å². The number of anilines is 2. The maximum Gasteiger partial charge on any atom is 0.256 e. The quantitative estimate of drug-likeness (QED) is 0.664. The van der Waals surface area contributed by atoms with Crippen LogP contribution in [-0.2, 0) is 16.6 Å². The highest BCUT2D eigenvalue weighted by molar-refractivity contribution is 7.93. The van der Waals surface area contributed by atoms with Crippen LogP contribution in [0.5, 0.6) is 0 Å². The maximum atomic E-state index is 12.7. The lowest BCUT2D eigenvalue weighted by Crippen LogP contribution is -2.25. The molecule has 1 aromatic carbocycles. The first-order chi connectivity index (χ1) is 13.4. The first kappa shape index (κ1) is 19.0. The summed E-state index contributed by atoms with van der Waals surface area (Å²) in [5, 5.41) is 7.08. The Balaban J connectivity index is 1.52. The summed E-state index contributed by atoms with van der Waals surface area (Å²) in [7, 11) is -3.29. The number of hydrogen-bond acceptors (Lipinski definition) is 5. The molecule has 0 atom stereocenters. The van der Waals surface area contributed by atoms with Crippen LogP contribution in [0.1, 0.15) is 21.7 Å². The van der Waals surface area contributed by atoms with Crippen LogP contribution >= 0.6 is 22.9 Å². The predicted octanol–water partition coefficient (Wildman–Crippen LogP) is 3.44. The molecular formula is C18H17ClN4O3S2. The van der Waals surface area contributed by atoms with E-state index in [9.17, 15) is 13.2 Å². The predicted molar refractivity (Wildman–Crippen MR) is 111 cm³/mol. The molecule has 10 heteroatoms. The summed E-state index contributed by atoms with van der Waals surface area (Å²) in [4.78, 5) is 13.7. The van der Waals surface area contributed by atoms with Crippen molar-refractivity contribution >= 4 is 50.4 Å². The van der Waals surface area contributed by atoms with Crippen molar-refractivity contribution in [3.63, 3.8) is 0 Å². The van der Waals surface area contributed by atoms with Crippen molar-refractivity contribution in [2.45, 2.75) is 13.0 Å². The van der Waals surface area contributed by atoms with Gasteiger partial charge in [0.25, 0.3) is 5.91 Å². The average Bonchev–Trinajstić information content (AvgIpc) is 3.36. The summed E-state index contributed by atoms with van der Waals surface area (Å²) in [6.07, 6.45) is 2.20. The van der Waals surface area contributed by atoms with Crippen molar-refractivity contribution in [3.05, 3.63) is 63.4 Å². The van der Waals surface area contributed by atoms with E-state index in [-0.39, 0.29) is 11.7 Å². The summed E-state index contributed by atoms with van der Waals surface area (Å²) in [6.45, 7) is 0.926. The summed E-state index contributed by atoms with van der Waals surface area (Å²) in [5.74, 6) is 0.355. The van der Waals surface area contributed by atoms with Gasteiger partial charge in [-0.15, -0.1) is 11.3 Å². The first-order valence-corrected chi connectivity index (χ1v) is 11.4. The van der Waals surface area contributed by atoms with Gasteiger partial charge in [0.15, 0.2) is 0 Å². The number of amides is 1. The third-order valence-corrected chi connectivity index (χ3v) is 7.47. The third kappa shape index (κ3) is 3.91. The Bertz CT molecular complexity index is 1120. The van der Waals surface area contributed by atoms with Crippen molar-refractivity contribution in [2.24, 2.45) is 0 Å². The molecule has 28 heavy (non-hydrogen) atoms. The van der Waals surface area contributed by atoms with Gasteiger partial charge in [0.1, 0.15) is 5.82 Å². The van der Waals surface area contributed by atoms with Crippen molar-refractivity contribution in [2.75, 3.05) is 21.9 Å². The zero-order chi connectivity index (χ0) is 19.7. The highest BCUT2D eigenvalue weighted by Gasteiger charge is 2.28. The van der Waals surface area contributed by atoms with E-state index >= 15 is 0 Å². The van der Waals surface area contributed by atoms with Gasteiger partial charge in [-0.1, -0.05) is 17.7 Å². The molecule has 0 aliphatic carbocycles. The molecule has 0 radical (unpaired) electrons. The monoisotopic (exact) mass is 436 g/mol. The number of carbonyl (C=O) groups is 1. The largest absolute Gasteiger partial charge is 0.307 e. The van der Waals surface area contributed by atoms with Crippen molar-refractivity contribution < 1.29 is 13.2 Å². The zero-order valence-electron chi connectivity index (χ0n) is 14.7. The average molecular weight is 437 g/mol. The maximum absolute atomic E-state index is 12.7. The molecule has 1 fully saturated rings. The number of sulfonamides is 1. The fourth-order valence-electron chi connectivity index (χ4n) is 3.07. The number of aromatic nitrogens is 2. The van der Waals surface area contributed by atoms with E-state index in [0.717, 1.165) is 4.88 Å². The van der Waals surface area contributed by atoms with Crippen molar-refractivity contribution in [3.8, 4) is 0 Å². The van der Waals surface area contributed by atoms with Crippen LogP contribution in [0.25, 0.3) is 0 Å². The minimum Gasteiger partial charge on any atom is -0.307 e. The molecule has 0 bridgehead atoms. The van der Waals surface area contributed by atoms with Gasteiger partial charge >= 0.3 is 0 Å². The van der Waals surface area contributed by atoms with E-state index in [4.69, 9.17) is 11.6 Å². The van der Waals surface area contributed by atoms with Gasteiger partial charge in [-0.2, -0.15) is 5.10 Å². The van der Waals surface area contributed by atoms with E-state index in [1.807, 2.05) is 12.1 Å². The molecule has 0 saturated carbocycles. The Kier molecular flexibility index (Phi) is 5.13. The fourth-order valence-corrected chi connectivity index (χ4v) is 5.70. The summed E-state index contributed by atoms with van der Waals surface area (Å²) in [5.41, 5.74) is 0.887. The standard InChI is InChI=1S/C18H17ClN4O3S2/c19-16-6-5-15(27-16)12-22-17(7-8-20-22)21-18(24)13-3-1-4-14(11-13)23-9-2-10-28(23,25)26/h1,3-8,11H,2,9-10,12H2,(H,21,24). The van der Waals surface area contributed by atoms with Crippen LogP contribution < -0.4 is 9.62 Å². The second-order valence-electron chi connectivity index (χ2n) is 6.33. The minimum atomic E-state index is -3.29. The highest BCUT2D eigenvalue weighted by atomic mass is 35.5. The second-order valence-corrected chi connectivity index (χ2v) is 10.1. The molecule has 3 heterocycles. The molecule has 7 nitrogen and oxygen atoms in total. The number of rotatable bonds is 5. The van der Waals surface area contributed by atoms with Crippen molar-refractivity contribution in [1.29, 1.82) is 0 Å². The molecular weight excluding hydrogens is 420 g/mol. The van der Waals surface area contributed by atoms with E-state index in [1.54, 1.807) is 41.2 Å². The van der Waals surface area contributed by atoms with Gasteiger partial charge in [-0.05, 0) is 36.8 Å². The lowest BCUT2D eigenvalue weighted by Gasteiger charge is -2.17. The molecule has 0 unspecified atom stereocenters. The molecule has 1 amide bonds. The lowest BCUT2D eigenvalue weighted by atomic mass is 10.2. The van der Waals surface area contributed by atoms with Crippen LogP contribution in [0.15, 0.2) is 48.7 Å². The number of nitrogens with one attached hydrogen (secondary N) is 1. The Morgan fingerprint density at radius 1 is 1.25 bits per heavy atom. The Morgan fingerprint density at radius 3 is 2.82 bits per heavy atom. The smallest absolute Gasteiger partial charge is 0.256 e. The Morgan fingerprint density at radius 2 is 2.11 bits per heavy atom. The zero-order valence-corrected chi connectivity index (χ0v) is 17.1. The Hall–Kier alpha value is -2.36. The van der Waals surface area contributed by atoms with Gasteiger partial charge in [-0.3, -0.25) is 9.10 Å². The molecule has 4 rings (SSSR count). The van der Waals surface area contributed by atoms with E-state index in [0.29, 0.717) is 40.9 Å². The lowest BCUT2D eigenvalue weighted by molar-refractivity contribution is 0.102. The molecule has 3 aromatic rings. The summed E-state index contributed by atoms with van der Waals surface area (Å²) >= 11 is 7.42. The minimum absolute atomic E-state index is 0.134. The normalized spacial score (nSPS) is 15.7. The van der Waals surface area contributed by atoms with E-state index < -0.39 is 10.0 Å². The van der Waals surface area contributed by atoms with Crippen molar-refractivity contribution in [1.82, 2.24) is 9.78 Å². The number of halogens is 1. The number of hydrogen-bond donors (Lipinski definition) is 1. The third-order valence-electron chi connectivity index (χ3n) is 4.39. The second kappa shape index (κ2) is 7.57. The summed E-state index contributed by atoms with van der Waals surface area (Å²) < 4.78 is 28.0. The van der Waals surface area contributed by atoms with Crippen LogP contribution in [0.3, 0.4) is 0 Å². The van der Waals surface area contributed by atoms with Gasteiger partial charge in [0.2, 0.25) is 10.0 Å². The molecule has 2 aromatic heterocycles. The summed E-state index contributed by atoms with van der Waals surface area (Å²) in [6, 6.07) is 12.1. The number of benzene rings is 1. The molecule has 146 valence electrons. The molecule has 1 saturated heterocycles. The van der Waals surface area contributed by atoms with E-state index in [2.05, 4.69) is 10.4 Å². The highest BCUT2D eigenvalue weighted by Crippen LogP contribution is 2.26. The van der Waals surface area contributed by atoms with Crippen LogP contribution in [-0.4, -0.2) is 36.4 Å². The van der Waals surface area contributed by atoms with E-state index in [1.165, 1.54) is 15.6 Å². The topological polar surface area (TPSA) is 84.3 Å². The molecule has 1 aliphatic rings. The van der Waals surface area contributed by atoms with Gasteiger partial charge in [0, 0.05) is 23.1 Å². The number of carbonyl (C=O) groups excluding carboxylic acids is 1.